The van der Waals surface area contributed by atoms with Gasteiger partial charge in [-0.05, 0) is 36.2 Å². The molecule has 0 saturated carbocycles. The Hall–Kier alpha value is -2.95. The first-order valence-corrected chi connectivity index (χ1v) is 7.27. The van der Waals surface area contributed by atoms with Crippen LogP contribution in [-0.4, -0.2) is 17.4 Å². The van der Waals surface area contributed by atoms with E-state index < -0.39 is 0 Å². The van der Waals surface area contributed by atoms with Crippen LogP contribution in [0.1, 0.15) is 11.5 Å². The van der Waals surface area contributed by atoms with Gasteiger partial charge in [-0.3, -0.25) is 4.79 Å². The van der Waals surface area contributed by atoms with Crippen LogP contribution in [0.5, 0.6) is 0 Å². The minimum absolute atomic E-state index is 0.247. The summed E-state index contributed by atoms with van der Waals surface area (Å²) >= 11 is 0. The van der Waals surface area contributed by atoms with Crippen molar-refractivity contribution < 1.29 is 13.6 Å². The minimum Gasteiger partial charge on any atom is -0.437 e. The maximum Gasteiger partial charge on any atom is 0.244 e. The van der Waals surface area contributed by atoms with E-state index in [1.54, 1.807) is 6.07 Å². The summed E-state index contributed by atoms with van der Waals surface area (Å²) in [6, 6.07) is 13.7. The molecule has 0 aliphatic carbocycles. The predicted molar refractivity (Wildman–Crippen MR) is 86.2 cm³/mol. The second-order valence-corrected chi connectivity index (χ2v) is 5.02. The molecule has 5 heteroatoms. The van der Waals surface area contributed by atoms with Crippen LogP contribution in [0, 0.1) is 5.82 Å². The fraction of sp³-hybridized carbons (Fsp3) is 0.111. The lowest BCUT2D eigenvalue weighted by molar-refractivity contribution is -0.116. The van der Waals surface area contributed by atoms with Crippen LogP contribution in [0.2, 0.25) is 0 Å². The standard InChI is InChI=1S/C18H15FN2O2/c19-14-5-3-4-13(12-14)10-11-20-17(22)8-9-18-21-15-6-1-2-7-16(15)23-18/h1-9,12H,10-11H2,(H,20,22)/b9-8+. The predicted octanol–water partition coefficient (Wildman–Crippen LogP) is 3.34. The van der Waals surface area contributed by atoms with E-state index in [0.717, 1.165) is 11.1 Å². The Labute approximate surface area is 132 Å². The molecule has 1 aromatic heterocycles. The van der Waals surface area contributed by atoms with E-state index in [0.29, 0.717) is 24.4 Å². The second kappa shape index (κ2) is 6.87. The van der Waals surface area contributed by atoms with E-state index in [1.165, 1.54) is 24.3 Å². The van der Waals surface area contributed by atoms with E-state index >= 15 is 0 Å². The van der Waals surface area contributed by atoms with Crippen molar-refractivity contribution in [3.8, 4) is 0 Å². The molecule has 0 aliphatic rings. The van der Waals surface area contributed by atoms with Crippen LogP contribution in [0.25, 0.3) is 17.2 Å². The van der Waals surface area contributed by atoms with Crippen LogP contribution in [0.15, 0.2) is 59.0 Å². The van der Waals surface area contributed by atoms with Crippen molar-refractivity contribution in [2.75, 3.05) is 6.54 Å². The maximum absolute atomic E-state index is 13.0. The van der Waals surface area contributed by atoms with Gasteiger partial charge in [0.15, 0.2) is 5.58 Å². The van der Waals surface area contributed by atoms with Crippen LogP contribution >= 0.6 is 0 Å². The molecule has 3 rings (SSSR count). The highest BCUT2D eigenvalue weighted by Gasteiger charge is 2.02. The van der Waals surface area contributed by atoms with Crippen molar-refractivity contribution in [2.45, 2.75) is 6.42 Å². The molecule has 0 unspecified atom stereocenters. The summed E-state index contributed by atoms with van der Waals surface area (Å²) in [5.74, 6) is -0.139. The Balaban J connectivity index is 1.52. The molecule has 2 aromatic carbocycles. The Morgan fingerprint density at radius 1 is 1.22 bits per heavy atom. The topological polar surface area (TPSA) is 55.1 Å². The van der Waals surface area contributed by atoms with Gasteiger partial charge in [0.2, 0.25) is 11.8 Å². The van der Waals surface area contributed by atoms with Gasteiger partial charge in [-0.25, -0.2) is 9.37 Å². The Morgan fingerprint density at radius 2 is 2.09 bits per heavy atom. The molecule has 0 radical (unpaired) electrons. The first-order chi connectivity index (χ1) is 11.2. The number of halogens is 1. The number of nitrogens with one attached hydrogen (secondary N) is 1. The number of carbonyl (C=O) groups excluding carboxylic acids is 1. The zero-order chi connectivity index (χ0) is 16.1. The molecule has 0 spiro atoms. The number of carbonyl (C=O) groups is 1. The zero-order valence-electron chi connectivity index (χ0n) is 12.3. The van der Waals surface area contributed by atoms with Crippen LogP contribution < -0.4 is 5.32 Å². The Kier molecular flexibility index (Phi) is 4.47. The van der Waals surface area contributed by atoms with Crippen molar-refractivity contribution in [3.63, 3.8) is 0 Å². The number of benzene rings is 2. The van der Waals surface area contributed by atoms with E-state index in [2.05, 4.69) is 10.3 Å². The molecule has 4 nitrogen and oxygen atoms in total. The molecule has 3 aromatic rings. The third-order valence-corrected chi connectivity index (χ3v) is 3.29. The molecule has 1 amide bonds. The third kappa shape index (κ3) is 4.03. The lowest BCUT2D eigenvalue weighted by Gasteiger charge is -2.02. The average Bonchev–Trinajstić information content (AvgIpc) is 2.96. The van der Waals surface area contributed by atoms with Crippen molar-refractivity contribution in [3.05, 3.63) is 71.9 Å². The first kappa shape index (κ1) is 15.0. The summed E-state index contributed by atoms with van der Waals surface area (Å²) < 4.78 is 18.5. The van der Waals surface area contributed by atoms with Gasteiger partial charge in [0, 0.05) is 18.7 Å². The largest absolute Gasteiger partial charge is 0.437 e. The monoisotopic (exact) mass is 310 g/mol. The van der Waals surface area contributed by atoms with Gasteiger partial charge in [-0.2, -0.15) is 0 Å². The van der Waals surface area contributed by atoms with Crippen LogP contribution in [0.3, 0.4) is 0 Å². The molecule has 0 saturated heterocycles. The minimum atomic E-state index is -0.273. The van der Waals surface area contributed by atoms with Gasteiger partial charge in [-0.1, -0.05) is 24.3 Å². The first-order valence-electron chi connectivity index (χ1n) is 7.27. The van der Waals surface area contributed by atoms with Gasteiger partial charge < -0.3 is 9.73 Å². The van der Waals surface area contributed by atoms with Gasteiger partial charge in [0.25, 0.3) is 0 Å². The molecule has 0 fully saturated rings. The van der Waals surface area contributed by atoms with Crippen LogP contribution in [0.4, 0.5) is 4.39 Å². The SMILES string of the molecule is O=C(/C=C/c1nc2ccccc2o1)NCCc1cccc(F)c1. The number of hydrogen-bond donors (Lipinski definition) is 1. The molecule has 1 N–H and O–H groups in total. The summed E-state index contributed by atoms with van der Waals surface area (Å²) in [5, 5.41) is 2.74. The highest BCUT2D eigenvalue weighted by atomic mass is 19.1. The molecule has 23 heavy (non-hydrogen) atoms. The van der Waals surface area contributed by atoms with E-state index in [9.17, 15) is 9.18 Å². The highest BCUT2D eigenvalue weighted by Crippen LogP contribution is 2.15. The van der Waals surface area contributed by atoms with E-state index in [1.807, 2.05) is 30.3 Å². The van der Waals surface area contributed by atoms with E-state index in [-0.39, 0.29) is 11.7 Å². The van der Waals surface area contributed by atoms with E-state index in [4.69, 9.17) is 4.42 Å². The highest BCUT2D eigenvalue weighted by molar-refractivity contribution is 5.91. The van der Waals surface area contributed by atoms with Gasteiger partial charge in [-0.15, -0.1) is 0 Å². The zero-order valence-corrected chi connectivity index (χ0v) is 12.3. The molecular formula is C18H15FN2O2. The Morgan fingerprint density at radius 3 is 2.91 bits per heavy atom. The molecule has 116 valence electrons. The van der Waals surface area contributed by atoms with Crippen molar-refractivity contribution in [2.24, 2.45) is 0 Å². The maximum atomic E-state index is 13.0. The summed E-state index contributed by atoms with van der Waals surface area (Å²) in [6.07, 6.45) is 3.47. The molecule has 0 bridgehead atoms. The van der Waals surface area contributed by atoms with Crippen LogP contribution in [-0.2, 0) is 11.2 Å². The average molecular weight is 310 g/mol. The number of amides is 1. The van der Waals surface area contributed by atoms with Crippen molar-refractivity contribution in [1.29, 1.82) is 0 Å². The van der Waals surface area contributed by atoms with Gasteiger partial charge in [0.05, 0.1) is 0 Å². The number of hydrogen-bond acceptors (Lipinski definition) is 3. The summed E-state index contributed by atoms with van der Waals surface area (Å²) in [6.45, 7) is 0.431. The fourth-order valence-electron chi connectivity index (χ4n) is 2.19. The number of para-hydroxylation sites is 2. The number of aromatic nitrogens is 1. The normalized spacial score (nSPS) is 11.2. The summed E-state index contributed by atoms with van der Waals surface area (Å²) in [7, 11) is 0. The Bertz CT molecular complexity index is 822. The summed E-state index contributed by atoms with van der Waals surface area (Å²) in [4.78, 5) is 16.0. The third-order valence-electron chi connectivity index (χ3n) is 3.29. The second-order valence-electron chi connectivity index (χ2n) is 5.02. The number of rotatable bonds is 5. The summed E-state index contributed by atoms with van der Waals surface area (Å²) in [5.41, 5.74) is 2.27. The number of oxazole rings is 1. The fourth-order valence-corrected chi connectivity index (χ4v) is 2.19. The quantitative estimate of drug-likeness (QED) is 0.735. The van der Waals surface area contributed by atoms with Crippen molar-refractivity contribution >= 4 is 23.1 Å². The van der Waals surface area contributed by atoms with Crippen molar-refractivity contribution in [1.82, 2.24) is 10.3 Å². The molecular weight excluding hydrogens is 295 g/mol. The van der Waals surface area contributed by atoms with Gasteiger partial charge >= 0.3 is 0 Å². The smallest absolute Gasteiger partial charge is 0.244 e. The molecule has 1 heterocycles. The van der Waals surface area contributed by atoms with Gasteiger partial charge in [0.1, 0.15) is 11.3 Å². The lowest BCUT2D eigenvalue weighted by atomic mass is 10.1. The lowest BCUT2D eigenvalue weighted by Crippen LogP contribution is -2.23. The molecule has 0 aliphatic heterocycles. The number of nitrogens with zero attached hydrogens (tertiary/aromatic N) is 1. The molecule has 0 atom stereocenters. The number of fused-ring (bicyclic) bond motifs is 1.